The van der Waals surface area contributed by atoms with Gasteiger partial charge >= 0.3 is 6.17 Å². The van der Waals surface area contributed by atoms with Crippen LogP contribution >= 0.6 is 0 Å². The molecule has 3 aliphatic rings. The highest BCUT2D eigenvalue weighted by atomic mass is 16.5. The molecule has 0 radical (unpaired) electrons. The largest absolute Gasteiger partial charge is 0.496 e. The van der Waals surface area contributed by atoms with Crippen LogP contribution in [0.4, 0.5) is 5.69 Å². The van der Waals surface area contributed by atoms with Crippen molar-refractivity contribution in [3.05, 3.63) is 75.5 Å². The molecule has 7 heteroatoms. The van der Waals surface area contributed by atoms with Gasteiger partial charge in [0, 0.05) is 46.4 Å². The lowest BCUT2D eigenvalue weighted by Gasteiger charge is -2.29. The Bertz CT molecular complexity index is 1290. The highest BCUT2D eigenvalue weighted by molar-refractivity contribution is 5.88. The molecule has 3 aromatic rings. The first-order valence-electron chi connectivity index (χ1n) is 12.6. The summed E-state index contributed by atoms with van der Waals surface area (Å²) in [5.74, 6) is 2.76. The van der Waals surface area contributed by atoms with Crippen LogP contribution in [0.5, 0.6) is 11.5 Å². The molecule has 0 saturated carbocycles. The van der Waals surface area contributed by atoms with E-state index >= 15 is 0 Å². The SMILES string of the molecule is COc1cccc2c1[C@@H]1CN(CCCCC3[N+](=O)Cc4c(ccc5ccccc45)[N+]3=O)C[C@@H]1CO2. The van der Waals surface area contributed by atoms with Crippen molar-refractivity contribution in [1.82, 2.24) is 4.90 Å². The maximum Gasteiger partial charge on any atom is 0.437 e. The van der Waals surface area contributed by atoms with E-state index in [0.717, 1.165) is 76.4 Å². The Morgan fingerprint density at radius 1 is 1.03 bits per heavy atom. The van der Waals surface area contributed by atoms with Crippen molar-refractivity contribution in [3.63, 3.8) is 0 Å². The van der Waals surface area contributed by atoms with Crippen LogP contribution in [0.1, 0.15) is 36.3 Å². The number of benzene rings is 3. The molecule has 0 N–H and O–H groups in total. The topological polar surface area (TPSA) is 61.9 Å². The number of fused-ring (bicyclic) bond motifs is 6. The minimum absolute atomic E-state index is 0.261. The number of hydrogen-bond donors (Lipinski definition) is 0. The molecule has 6 rings (SSSR count). The van der Waals surface area contributed by atoms with Crippen molar-refractivity contribution in [3.8, 4) is 11.5 Å². The predicted molar refractivity (Wildman–Crippen MR) is 133 cm³/mol. The number of nitrogens with zero attached hydrogens (tertiary/aromatic N) is 3. The van der Waals surface area contributed by atoms with Crippen LogP contribution in [-0.2, 0) is 6.54 Å². The Balaban J connectivity index is 1.07. The van der Waals surface area contributed by atoms with Crippen molar-refractivity contribution < 1.29 is 19.0 Å². The van der Waals surface area contributed by atoms with E-state index < -0.39 is 6.17 Å². The van der Waals surface area contributed by atoms with Gasteiger partial charge in [-0.15, -0.1) is 0 Å². The van der Waals surface area contributed by atoms with E-state index in [2.05, 4.69) is 4.90 Å². The van der Waals surface area contributed by atoms with Gasteiger partial charge in [-0.3, -0.25) is 0 Å². The Labute approximate surface area is 204 Å². The maximum atomic E-state index is 13.1. The van der Waals surface area contributed by atoms with Crippen molar-refractivity contribution in [2.45, 2.75) is 37.9 Å². The molecular formula is C28H31N3O4+2. The van der Waals surface area contributed by atoms with Crippen LogP contribution in [-0.4, -0.2) is 53.9 Å². The summed E-state index contributed by atoms with van der Waals surface area (Å²) in [6.07, 6.45) is 1.71. The summed E-state index contributed by atoms with van der Waals surface area (Å²) in [4.78, 5) is 28.4. The van der Waals surface area contributed by atoms with E-state index in [9.17, 15) is 9.81 Å². The Morgan fingerprint density at radius 3 is 2.80 bits per heavy atom. The third kappa shape index (κ3) is 3.88. The predicted octanol–water partition coefficient (Wildman–Crippen LogP) is 5.16. The second kappa shape index (κ2) is 9.04. The van der Waals surface area contributed by atoms with Gasteiger partial charge in [0.05, 0.1) is 24.9 Å². The molecule has 0 aliphatic carbocycles. The molecule has 0 spiro atoms. The number of likely N-dealkylation sites (tertiary alicyclic amines) is 1. The Morgan fingerprint density at radius 2 is 1.91 bits per heavy atom. The van der Waals surface area contributed by atoms with E-state index in [-0.39, 0.29) is 6.54 Å². The zero-order chi connectivity index (χ0) is 23.9. The second-order valence-electron chi connectivity index (χ2n) is 9.97. The fourth-order valence-corrected chi connectivity index (χ4v) is 6.19. The summed E-state index contributed by atoms with van der Waals surface area (Å²) in [6.45, 7) is 3.97. The van der Waals surface area contributed by atoms with Gasteiger partial charge in [-0.05, 0) is 48.4 Å². The lowest BCUT2D eigenvalue weighted by molar-refractivity contribution is -0.784. The molecule has 1 unspecified atom stereocenters. The van der Waals surface area contributed by atoms with E-state index in [1.54, 1.807) is 7.11 Å². The quantitative estimate of drug-likeness (QED) is 0.366. The average molecular weight is 474 g/mol. The summed E-state index contributed by atoms with van der Waals surface area (Å²) in [5.41, 5.74) is 2.67. The summed E-state index contributed by atoms with van der Waals surface area (Å²) in [6, 6.07) is 17.8. The number of nitroso groups, excluding NO2 is 2. The molecule has 3 aromatic carbocycles. The standard InChI is InChI=1S/C28H31N3O4/c1-34-25-9-6-10-26-28(25)22-16-29(15-20(22)18-35-26)14-5-4-11-27-30(32)17-23-21-8-3-2-7-19(21)12-13-24(23)31(27)33/h2-3,6-10,12-13,20,22,27H,4-5,11,14-18H2,1H3/q+2/t20-,22-,27?/m1/s1. The summed E-state index contributed by atoms with van der Waals surface area (Å²) >= 11 is 0. The van der Waals surface area contributed by atoms with E-state index in [1.807, 2.05) is 54.6 Å². The maximum absolute atomic E-state index is 13.1. The number of methoxy groups -OCH3 is 1. The van der Waals surface area contributed by atoms with Crippen molar-refractivity contribution in [1.29, 1.82) is 0 Å². The van der Waals surface area contributed by atoms with Gasteiger partial charge < -0.3 is 14.4 Å². The average Bonchev–Trinajstić information content (AvgIpc) is 3.31. The fraction of sp³-hybridized carbons (Fsp3) is 0.429. The first kappa shape index (κ1) is 22.2. The summed E-state index contributed by atoms with van der Waals surface area (Å²) < 4.78 is 13.5. The van der Waals surface area contributed by atoms with Gasteiger partial charge in [-0.2, -0.15) is 0 Å². The molecule has 1 saturated heterocycles. The van der Waals surface area contributed by atoms with Crippen LogP contribution in [0.15, 0.2) is 54.6 Å². The molecule has 0 amide bonds. The van der Waals surface area contributed by atoms with Crippen LogP contribution in [0.2, 0.25) is 0 Å². The molecule has 3 heterocycles. The van der Waals surface area contributed by atoms with E-state index in [0.29, 0.717) is 23.9 Å². The van der Waals surface area contributed by atoms with Crippen LogP contribution in [0, 0.1) is 15.7 Å². The van der Waals surface area contributed by atoms with Crippen LogP contribution in [0.3, 0.4) is 0 Å². The van der Waals surface area contributed by atoms with Crippen LogP contribution < -0.4 is 9.47 Å². The Hall–Kier alpha value is -3.32. The molecule has 3 aliphatic heterocycles. The minimum Gasteiger partial charge on any atom is -0.496 e. The number of hydrogen-bond acceptors (Lipinski definition) is 5. The molecule has 0 aromatic heterocycles. The van der Waals surface area contributed by atoms with Crippen molar-refractivity contribution in [2.24, 2.45) is 5.92 Å². The van der Waals surface area contributed by atoms with Crippen molar-refractivity contribution in [2.75, 3.05) is 33.4 Å². The second-order valence-corrected chi connectivity index (χ2v) is 9.97. The smallest absolute Gasteiger partial charge is 0.437 e. The van der Waals surface area contributed by atoms with E-state index in [4.69, 9.17) is 9.47 Å². The lowest BCUT2D eigenvalue weighted by Crippen LogP contribution is -2.37. The van der Waals surface area contributed by atoms with Gasteiger partial charge in [0.2, 0.25) is 6.54 Å². The lowest BCUT2D eigenvalue weighted by atomic mass is 9.86. The molecule has 3 atom stereocenters. The number of rotatable bonds is 6. The first-order chi connectivity index (χ1) is 17.1. The van der Waals surface area contributed by atoms with Gasteiger partial charge in [0.1, 0.15) is 21.8 Å². The monoisotopic (exact) mass is 473 g/mol. The number of unbranched alkanes of at least 4 members (excludes halogenated alkanes) is 1. The zero-order valence-electron chi connectivity index (χ0n) is 20.1. The van der Waals surface area contributed by atoms with Crippen molar-refractivity contribution >= 4 is 16.5 Å². The fourth-order valence-electron chi connectivity index (χ4n) is 6.19. The van der Waals surface area contributed by atoms with E-state index in [1.165, 1.54) is 5.56 Å². The highest BCUT2D eigenvalue weighted by Crippen LogP contribution is 2.46. The van der Waals surface area contributed by atoms with Gasteiger partial charge in [-0.25, -0.2) is 0 Å². The van der Waals surface area contributed by atoms with Gasteiger partial charge in [0.25, 0.3) is 5.69 Å². The zero-order valence-corrected chi connectivity index (χ0v) is 20.1. The minimum atomic E-state index is -0.658. The van der Waals surface area contributed by atoms with Gasteiger partial charge in [-0.1, -0.05) is 30.3 Å². The molecule has 180 valence electrons. The van der Waals surface area contributed by atoms with Gasteiger partial charge in [0.15, 0.2) is 0 Å². The highest BCUT2D eigenvalue weighted by Gasteiger charge is 2.48. The molecular weight excluding hydrogens is 442 g/mol. The molecule has 1 fully saturated rings. The third-order valence-electron chi connectivity index (χ3n) is 7.94. The molecule has 35 heavy (non-hydrogen) atoms. The normalized spacial score (nSPS) is 23.5. The first-order valence-corrected chi connectivity index (χ1v) is 12.6. The number of ether oxygens (including phenoxy) is 2. The molecule has 7 nitrogen and oxygen atoms in total. The van der Waals surface area contributed by atoms with Crippen LogP contribution in [0.25, 0.3) is 10.8 Å². The third-order valence-corrected chi connectivity index (χ3v) is 7.94. The summed E-state index contributed by atoms with van der Waals surface area (Å²) in [5, 5.41) is 2.05. The molecule has 0 bridgehead atoms. The Kier molecular flexibility index (Phi) is 5.72. The summed E-state index contributed by atoms with van der Waals surface area (Å²) in [7, 11) is 1.72.